The zero-order valence-electron chi connectivity index (χ0n) is 14.9. The van der Waals surface area contributed by atoms with Gasteiger partial charge in [-0.25, -0.2) is 0 Å². The van der Waals surface area contributed by atoms with Gasteiger partial charge >= 0.3 is 0 Å². The highest BCUT2D eigenvalue weighted by atomic mass is 16.2. The second-order valence-electron chi connectivity index (χ2n) is 7.48. The van der Waals surface area contributed by atoms with Crippen molar-refractivity contribution in [3.8, 4) is 0 Å². The largest absolute Gasteiger partial charge is 0.344 e. The molecule has 0 radical (unpaired) electrons. The number of rotatable bonds is 6. The Balaban J connectivity index is 1.99. The topological polar surface area (TPSA) is 75.4 Å². The Kier molecular flexibility index (Phi) is 5.99. The van der Waals surface area contributed by atoms with E-state index in [1.54, 1.807) is 0 Å². The van der Waals surface area contributed by atoms with Crippen LogP contribution in [0.3, 0.4) is 0 Å². The fourth-order valence-electron chi connectivity index (χ4n) is 3.09. The smallest absolute Gasteiger partial charge is 0.245 e. The standard InChI is InChI=1S/C19H29N3O2/c1-14(2)17(18(24)22-10-9-19(3,12-20)13-22)21-16(23)11-15-7-5-4-6-8-15/h4-8,14,17H,9-13,20H2,1-3H3,(H,21,23). The fraction of sp³-hybridized carbons (Fsp3) is 0.579. The van der Waals surface area contributed by atoms with Gasteiger partial charge in [-0.15, -0.1) is 0 Å². The van der Waals surface area contributed by atoms with Gasteiger partial charge in [0.2, 0.25) is 11.8 Å². The van der Waals surface area contributed by atoms with Gasteiger partial charge in [-0.3, -0.25) is 9.59 Å². The highest BCUT2D eigenvalue weighted by Crippen LogP contribution is 2.29. The Hall–Kier alpha value is -1.88. The molecule has 24 heavy (non-hydrogen) atoms. The molecule has 0 saturated carbocycles. The number of carbonyl (C=O) groups excluding carboxylic acids is 2. The first-order valence-electron chi connectivity index (χ1n) is 8.67. The predicted molar refractivity (Wildman–Crippen MR) is 95.3 cm³/mol. The molecule has 1 saturated heterocycles. The minimum atomic E-state index is -0.485. The van der Waals surface area contributed by atoms with Gasteiger partial charge in [0.05, 0.1) is 6.42 Å². The van der Waals surface area contributed by atoms with Crippen molar-refractivity contribution in [2.24, 2.45) is 17.1 Å². The molecule has 1 aliphatic heterocycles. The Morgan fingerprint density at radius 1 is 1.29 bits per heavy atom. The molecule has 1 fully saturated rings. The van der Waals surface area contributed by atoms with E-state index in [0.717, 1.165) is 12.0 Å². The van der Waals surface area contributed by atoms with Crippen LogP contribution in [-0.4, -0.2) is 42.4 Å². The average molecular weight is 331 g/mol. The normalized spacial score (nSPS) is 21.8. The van der Waals surface area contributed by atoms with Gasteiger partial charge in [0.15, 0.2) is 0 Å². The maximum Gasteiger partial charge on any atom is 0.245 e. The molecule has 0 aliphatic carbocycles. The lowest BCUT2D eigenvalue weighted by atomic mass is 9.90. The zero-order chi connectivity index (χ0) is 17.7. The number of amides is 2. The molecule has 5 heteroatoms. The summed E-state index contributed by atoms with van der Waals surface area (Å²) in [5.74, 6) is -0.0698. The third-order valence-corrected chi connectivity index (χ3v) is 4.82. The minimum Gasteiger partial charge on any atom is -0.344 e. The Morgan fingerprint density at radius 3 is 2.50 bits per heavy atom. The summed E-state index contributed by atoms with van der Waals surface area (Å²) in [5, 5.41) is 2.93. The first-order valence-corrected chi connectivity index (χ1v) is 8.67. The van der Waals surface area contributed by atoms with Gasteiger partial charge < -0.3 is 16.0 Å². The molecule has 3 N–H and O–H groups in total. The monoisotopic (exact) mass is 331 g/mol. The lowest BCUT2D eigenvalue weighted by Crippen LogP contribution is -2.51. The number of hydrogen-bond acceptors (Lipinski definition) is 3. The van der Waals surface area contributed by atoms with E-state index < -0.39 is 6.04 Å². The van der Waals surface area contributed by atoms with Crippen molar-refractivity contribution in [3.63, 3.8) is 0 Å². The number of likely N-dealkylation sites (tertiary alicyclic amines) is 1. The molecule has 1 aliphatic rings. The van der Waals surface area contributed by atoms with Crippen LogP contribution in [0, 0.1) is 11.3 Å². The summed E-state index contributed by atoms with van der Waals surface area (Å²) in [6, 6.07) is 9.08. The summed E-state index contributed by atoms with van der Waals surface area (Å²) in [6.45, 7) is 7.99. The van der Waals surface area contributed by atoms with Crippen LogP contribution in [-0.2, 0) is 16.0 Å². The summed E-state index contributed by atoms with van der Waals surface area (Å²) in [6.07, 6.45) is 1.20. The van der Waals surface area contributed by atoms with Crippen molar-refractivity contribution in [2.45, 2.75) is 39.7 Å². The first kappa shape index (κ1) is 18.5. The van der Waals surface area contributed by atoms with Crippen LogP contribution >= 0.6 is 0 Å². The quantitative estimate of drug-likeness (QED) is 0.831. The lowest BCUT2D eigenvalue weighted by Gasteiger charge is -2.28. The van der Waals surface area contributed by atoms with Crippen LogP contribution in [0.4, 0.5) is 0 Å². The number of nitrogens with zero attached hydrogens (tertiary/aromatic N) is 1. The number of benzene rings is 1. The van der Waals surface area contributed by atoms with E-state index in [1.807, 2.05) is 49.1 Å². The average Bonchev–Trinajstić information content (AvgIpc) is 2.96. The third-order valence-electron chi connectivity index (χ3n) is 4.82. The van der Waals surface area contributed by atoms with Crippen molar-refractivity contribution in [2.75, 3.05) is 19.6 Å². The molecule has 2 unspecified atom stereocenters. The molecule has 0 aromatic heterocycles. The lowest BCUT2D eigenvalue weighted by molar-refractivity contribution is -0.137. The number of hydrogen-bond donors (Lipinski definition) is 2. The van der Waals surface area contributed by atoms with Gasteiger partial charge in [0, 0.05) is 13.1 Å². The van der Waals surface area contributed by atoms with Crippen molar-refractivity contribution in [1.29, 1.82) is 0 Å². The summed E-state index contributed by atoms with van der Waals surface area (Å²) in [7, 11) is 0. The van der Waals surface area contributed by atoms with Gasteiger partial charge in [0.1, 0.15) is 6.04 Å². The van der Waals surface area contributed by atoms with Crippen molar-refractivity contribution in [3.05, 3.63) is 35.9 Å². The Labute approximate surface area is 144 Å². The van der Waals surface area contributed by atoms with Gasteiger partial charge in [-0.05, 0) is 29.9 Å². The molecular formula is C19H29N3O2. The molecule has 1 heterocycles. The molecule has 0 bridgehead atoms. The molecule has 1 aromatic carbocycles. The molecule has 2 rings (SSSR count). The van der Waals surface area contributed by atoms with Crippen LogP contribution in [0.15, 0.2) is 30.3 Å². The maximum absolute atomic E-state index is 12.8. The van der Waals surface area contributed by atoms with Gasteiger partial charge in [0.25, 0.3) is 0 Å². The van der Waals surface area contributed by atoms with Gasteiger partial charge in [-0.1, -0.05) is 51.1 Å². The van der Waals surface area contributed by atoms with E-state index in [1.165, 1.54) is 0 Å². The number of carbonyl (C=O) groups is 2. The zero-order valence-corrected chi connectivity index (χ0v) is 14.9. The Bertz CT molecular complexity index is 573. The van der Waals surface area contributed by atoms with Crippen LogP contribution < -0.4 is 11.1 Å². The number of nitrogens with two attached hydrogens (primary N) is 1. The van der Waals surface area contributed by atoms with E-state index in [-0.39, 0.29) is 29.6 Å². The second kappa shape index (κ2) is 7.79. The molecule has 5 nitrogen and oxygen atoms in total. The fourth-order valence-corrected chi connectivity index (χ4v) is 3.09. The molecule has 2 amide bonds. The molecule has 2 atom stereocenters. The summed E-state index contributed by atoms with van der Waals surface area (Å²) in [4.78, 5) is 27.0. The minimum absolute atomic E-state index is 0.00332. The molecule has 0 spiro atoms. The summed E-state index contributed by atoms with van der Waals surface area (Å²) >= 11 is 0. The van der Waals surface area contributed by atoms with Crippen LogP contribution in [0.5, 0.6) is 0 Å². The van der Waals surface area contributed by atoms with E-state index in [0.29, 0.717) is 19.6 Å². The van der Waals surface area contributed by atoms with E-state index in [4.69, 9.17) is 5.73 Å². The molecule has 132 valence electrons. The van der Waals surface area contributed by atoms with Crippen molar-refractivity contribution < 1.29 is 9.59 Å². The van der Waals surface area contributed by atoms with Crippen molar-refractivity contribution >= 4 is 11.8 Å². The van der Waals surface area contributed by atoms with E-state index >= 15 is 0 Å². The summed E-state index contributed by atoms with van der Waals surface area (Å²) < 4.78 is 0. The van der Waals surface area contributed by atoms with Crippen LogP contribution in [0.1, 0.15) is 32.8 Å². The second-order valence-corrected chi connectivity index (χ2v) is 7.48. The highest BCUT2D eigenvalue weighted by Gasteiger charge is 2.38. The van der Waals surface area contributed by atoms with Crippen LogP contribution in [0.25, 0.3) is 0 Å². The SMILES string of the molecule is CC(C)C(NC(=O)Cc1ccccc1)C(=O)N1CCC(C)(CN)C1. The maximum atomic E-state index is 12.8. The molecule has 1 aromatic rings. The predicted octanol–water partition coefficient (Wildman–Crippen LogP) is 1.57. The third kappa shape index (κ3) is 4.57. The van der Waals surface area contributed by atoms with E-state index in [2.05, 4.69) is 12.2 Å². The van der Waals surface area contributed by atoms with Gasteiger partial charge in [-0.2, -0.15) is 0 Å². The Morgan fingerprint density at radius 2 is 1.96 bits per heavy atom. The van der Waals surface area contributed by atoms with Crippen LogP contribution in [0.2, 0.25) is 0 Å². The number of nitrogens with one attached hydrogen (secondary N) is 1. The summed E-state index contributed by atoms with van der Waals surface area (Å²) in [5.41, 5.74) is 6.76. The van der Waals surface area contributed by atoms with Crippen molar-refractivity contribution in [1.82, 2.24) is 10.2 Å². The highest BCUT2D eigenvalue weighted by molar-refractivity contribution is 5.88. The molecular weight excluding hydrogens is 302 g/mol. The van der Waals surface area contributed by atoms with E-state index in [9.17, 15) is 9.59 Å². The first-order chi connectivity index (χ1) is 11.3.